The van der Waals surface area contributed by atoms with Crippen LogP contribution in [-0.4, -0.2) is 35.7 Å². The van der Waals surface area contributed by atoms with Crippen molar-refractivity contribution >= 4 is 39.6 Å². The molecule has 2 unspecified atom stereocenters. The van der Waals surface area contributed by atoms with Gasteiger partial charge in [0.1, 0.15) is 11.9 Å². The maximum absolute atomic E-state index is 13.4. The maximum atomic E-state index is 13.4. The van der Waals surface area contributed by atoms with Crippen molar-refractivity contribution in [3.05, 3.63) is 69.9 Å². The molecular weight excluding hydrogens is 531 g/mol. The predicted molar refractivity (Wildman–Crippen MR) is 138 cm³/mol. The number of carbonyl (C=O) groups is 4. The van der Waals surface area contributed by atoms with Gasteiger partial charge in [-0.25, -0.2) is 9.18 Å². The summed E-state index contributed by atoms with van der Waals surface area (Å²) in [5.74, 6) is -2.56. The summed E-state index contributed by atoms with van der Waals surface area (Å²) in [6.07, 6.45) is 0.537. The first kappa shape index (κ1) is 29.0. The van der Waals surface area contributed by atoms with Gasteiger partial charge in [-0.05, 0) is 57.9 Å². The molecular formula is C26H32BrFN4O4. The largest absolute Gasteiger partial charge is 0.345 e. The van der Waals surface area contributed by atoms with E-state index in [9.17, 15) is 23.6 Å². The van der Waals surface area contributed by atoms with E-state index >= 15 is 0 Å². The van der Waals surface area contributed by atoms with Crippen LogP contribution in [0.2, 0.25) is 0 Å². The molecule has 0 spiro atoms. The number of ketones is 1. The van der Waals surface area contributed by atoms with Gasteiger partial charge in [-0.1, -0.05) is 57.2 Å². The molecule has 0 aliphatic carbocycles. The van der Waals surface area contributed by atoms with Crippen molar-refractivity contribution < 1.29 is 23.6 Å². The number of amides is 4. The molecule has 8 nitrogen and oxygen atoms in total. The number of halogens is 2. The summed E-state index contributed by atoms with van der Waals surface area (Å²) in [5.41, 5.74) is 1.51. The van der Waals surface area contributed by atoms with Gasteiger partial charge in [0, 0.05) is 13.1 Å². The van der Waals surface area contributed by atoms with E-state index in [2.05, 4.69) is 37.2 Å². The zero-order valence-electron chi connectivity index (χ0n) is 20.6. The molecule has 0 radical (unpaired) electrons. The summed E-state index contributed by atoms with van der Waals surface area (Å²) in [6.45, 7) is 5.81. The Hall–Kier alpha value is -3.27. The smallest absolute Gasteiger partial charge is 0.315 e. The Morgan fingerprint density at radius 2 is 1.56 bits per heavy atom. The minimum atomic E-state index is -1.05. The van der Waals surface area contributed by atoms with Crippen molar-refractivity contribution in [1.29, 1.82) is 0 Å². The lowest BCUT2D eigenvalue weighted by molar-refractivity contribution is -0.140. The highest BCUT2D eigenvalue weighted by Crippen LogP contribution is 2.16. The number of rotatable bonds is 12. The Morgan fingerprint density at radius 1 is 0.889 bits per heavy atom. The topological polar surface area (TPSA) is 116 Å². The molecule has 4 amide bonds. The average Bonchev–Trinajstić information content (AvgIpc) is 2.85. The summed E-state index contributed by atoms with van der Waals surface area (Å²) in [4.78, 5) is 50.5. The molecule has 0 saturated carbocycles. The molecule has 10 heteroatoms. The number of urea groups is 1. The maximum Gasteiger partial charge on any atom is 0.315 e. The summed E-state index contributed by atoms with van der Waals surface area (Å²) < 4.78 is 13.6. The van der Waals surface area contributed by atoms with E-state index in [0.29, 0.717) is 18.5 Å². The average molecular weight is 563 g/mol. The quantitative estimate of drug-likeness (QED) is 0.296. The summed E-state index contributed by atoms with van der Waals surface area (Å²) in [5, 5.41) is 10.5. The molecule has 0 bridgehead atoms. The van der Waals surface area contributed by atoms with Gasteiger partial charge < -0.3 is 21.3 Å². The van der Waals surface area contributed by atoms with Gasteiger partial charge in [0.25, 0.3) is 5.91 Å². The number of benzene rings is 2. The van der Waals surface area contributed by atoms with Gasteiger partial charge in [-0.15, -0.1) is 0 Å². The van der Waals surface area contributed by atoms with Crippen molar-refractivity contribution in [3.63, 3.8) is 0 Å². The predicted octanol–water partition coefficient (Wildman–Crippen LogP) is 3.58. The van der Waals surface area contributed by atoms with E-state index in [0.717, 1.165) is 5.56 Å². The van der Waals surface area contributed by atoms with Crippen LogP contribution in [0.1, 0.15) is 44.7 Å². The molecule has 0 saturated heterocycles. The van der Waals surface area contributed by atoms with E-state index in [-0.39, 0.29) is 23.4 Å². The summed E-state index contributed by atoms with van der Waals surface area (Å²) >= 11 is 3.08. The van der Waals surface area contributed by atoms with Crippen molar-refractivity contribution in [2.75, 3.05) is 0 Å². The molecule has 0 aliphatic heterocycles. The minimum absolute atomic E-state index is 0.0208. The molecule has 4 N–H and O–H groups in total. The van der Waals surface area contributed by atoms with Gasteiger partial charge in [0.2, 0.25) is 11.7 Å². The molecule has 2 atom stereocenters. The van der Waals surface area contributed by atoms with Gasteiger partial charge in [0.15, 0.2) is 0 Å². The number of carbonyl (C=O) groups excluding carboxylic acids is 4. The second kappa shape index (κ2) is 14.3. The second-order valence-electron chi connectivity index (χ2n) is 8.76. The molecule has 0 aromatic heterocycles. The fourth-order valence-electron chi connectivity index (χ4n) is 3.39. The SMILES string of the molecule is CCC(NC(=O)C(CC(C)C)NC(=O)NCc1ccccc1)C(=O)C(=O)NCc1ccc(F)c(Br)c1. The molecule has 0 heterocycles. The first-order valence-electron chi connectivity index (χ1n) is 11.7. The standard InChI is InChI=1S/C26H32BrFN4O4/c1-4-21(23(33)25(35)29-15-18-10-11-20(28)19(27)13-18)31-24(34)22(12-16(2)3)32-26(36)30-14-17-8-6-5-7-9-17/h5-11,13,16,21-22H,4,12,14-15H2,1-3H3,(H,29,35)(H,31,34)(H2,30,32,36). The lowest BCUT2D eigenvalue weighted by Gasteiger charge is -2.23. The van der Waals surface area contributed by atoms with Crippen molar-refractivity contribution in [2.45, 2.75) is 58.8 Å². The highest BCUT2D eigenvalue weighted by atomic mass is 79.9. The Kier molecular flexibility index (Phi) is 11.5. The van der Waals surface area contributed by atoms with Crippen molar-refractivity contribution in [2.24, 2.45) is 5.92 Å². The second-order valence-corrected chi connectivity index (χ2v) is 9.61. The van der Waals surface area contributed by atoms with Crippen molar-refractivity contribution in [1.82, 2.24) is 21.3 Å². The fourth-order valence-corrected chi connectivity index (χ4v) is 3.82. The minimum Gasteiger partial charge on any atom is -0.345 e. The van der Waals surface area contributed by atoms with E-state index in [1.165, 1.54) is 18.2 Å². The number of Topliss-reactive ketones (excluding diaryl/α,β-unsaturated/α-hetero) is 1. The van der Waals surface area contributed by atoms with Crippen molar-refractivity contribution in [3.8, 4) is 0 Å². The molecule has 2 aromatic rings. The Bertz CT molecular complexity index is 1070. The third-order valence-electron chi connectivity index (χ3n) is 5.33. The highest BCUT2D eigenvalue weighted by Gasteiger charge is 2.29. The Balaban J connectivity index is 1.95. The van der Waals surface area contributed by atoms with E-state index in [4.69, 9.17) is 0 Å². The zero-order valence-corrected chi connectivity index (χ0v) is 22.2. The first-order chi connectivity index (χ1) is 17.1. The van der Waals surface area contributed by atoms with Crippen LogP contribution in [0.15, 0.2) is 53.0 Å². The van der Waals surface area contributed by atoms with Crippen LogP contribution in [0.4, 0.5) is 9.18 Å². The Morgan fingerprint density at radius 3 is 2.17 bits per heavy atom. The Labute approximate surface area is 218 Å². The lowest BCUT2D eigenvalue weighted by atomic mass is 10.0. The van der Waals surface area contributed by atoms with E-state index in [1.807, 2.05) is 44.2 Å². The monoisotopic (exact) mass is 562 g/mol. The molecule has 36 heavy (non-hydrogen) atoms. The highest BCUT2D eigenvalue weighted by molar-refractivity contribution is 9.10. The van der Waals surface area contributed by atoms with Crippen LogP contribution in [-0.2, 0) is 27.5 Å². The third-order valence-corrected chi connectivity index (χ3v) is 5.93. The molecule has 0 aliphatic rings. The van der Waals surface area contributed by atoms with Crippen LogP contribution in [0.25, 0.3) is 0 Å². The normalized spacial score (nSPS) is 12.4. The first-order valence-corrected chi connectivity index (χ1v) is 12.5. The number of hydrogen-bond acceptors (Lipinski definition) is 4. The van der Waals surface area contributed by atoms with Crippen LogP contribution in [0.3, 0.4) is 0 Å². The summed E-state index contributed by atoms with van der Waals surface area (Å²) in [6, 6.07) is 11.1. The van der Waals surface area contributed by atoms with Gasteiger partial charge in [-0.2, -0.15) is 0 Å². The molecule has 2 rings (SSSR count). The van der Waals surface area contributed by atoms with E-state index < -0.39 is 41.5 Å². The number of nitrogens with one attached hydrogen (secondary N) is 4. The van der Waals surface area contributed by atoms with E-state index in [1.54, 1.807) is 6.92 Å². The summed E-state index contributed by atoms with van der Waals surface area (Å²) in [7, 11) is 0. The third kappa shape index (κ3) is 9.41. The fraction of sp³-hybridized carbons (Fsp3) is 0.385. The molecule has 0 fully saturated rings. The van der Waals surface area contributed by atoms with Crippen LogP contribution < -0.4 is 21.3 Å². The zero-order chi connectivity index (χ0) is 26.7. The molecule has 2 aromatic carbocycles. The van der Waals surface area contributed by atoms with Gasteiger partial charge >= 0.3 is 6.03 Å². The lowest BCUT2D eigenvalue weighted by Crippen LogP contribution is -2.55. The van der Waals surface area contributed by atoms with Crippen LogP contribution >= 0.6 is 15.9 Å². The van der Waals surface area contributed by atoms with Crippen LogP contribution in [0.5, 0.6) is 0 Å². The number of hydrogen-bond donors (Lipinski definition) is 4. The van der Waals surface area contributed by atoms with Crippen LogP contribution in [0, 0.1) is 11.7 Å². The van der Waals surface area contributed by atoms with Gasteiger partial charge in [-0.3, -0.25) is 14.4 Å². The van der Waals surface area contributed by atoms with Gasteiger partial charge in [0.05, 0.1) is 10.5 Å². The molecule has 194 valence electrons.